The van der Waals surface area contributed by atoms with Gasteiger partial charge in [0.25, 0.3) is 10.0 Å². The summed E-state index contributed by atoms with van der Waals surface area (Å²) < 4.78 is 107. The zero-order chi connectivity index (χ0) is 27.8. The standard InChI is InChI=1S/C23H16F6N6O2S/c1-12-17(25)7-20(35(12)38(36,37)16-4-2-3-15(24)6-16)21(30)32-8-13-5-19(31-11-18(13)26)14-9-33-22(34-10-14)23(27,28)29/h2-7,9-11H,8H2,1H3,(H2,30,32). The highest BCUT2D eigenvalue weighted by molar-refractivity contribution is 7.90. The van der Waals surface area contributed by atoms with Crippen molar-refractivity contribution < 1.29 is 34.8 Å². The number of benzene rings is 1. The second-order valence-corrected chi connectivity index (χ2v) is 9.63. The molecule has 0 aliphatic carbocycles. The summed E-state index contributed by atoms with van der Waals surface area (Å²) in [4.78, 5) is 13.8. The van der Waals surface area contributed by atoms with Crippen LogP contribution < -0.4 is 5.73 Å². The summed E-state index contributed by atoms with van der Waals surface area (Å²) in [5.74, 6) is -4.45. The Balaban J connectivity index is 1.68. The van der Waals surface area contributed by atoms with Crippen LogP contribution in [0.4, 0.5) is 26.3 Å². The number of amidine groups is 1. The van der Waals surface area contributed by atoms with Crippen molar-refractivity contribution in [3.05, 3.63) is 95.2 Å². The first kappa shape index (κ1) is 26.8. The van der Waals surface area contributed by atoms with E-state index in [1.807, 2.05) is 0 Å². The molecule has 1 aromatic carbocycles. The van der Waals surface area contributed by atoms with Gasteiger partial charge in [0, 0.05) is 29.6 Å². The maximum atomic E-state index is 14.4. The maximum absolute atomic E-state index is 14.4. The number of hydrogen-bond acceptors (Lipinski definition) is 6. The Labute approximate surface area is 211 Å². The average Bonchev–Trinajstić information content (AvgIpc) is 3.17. The van der Waals surface area contributed by atoms with Crippen LogP contribution in [0.1, 0.15) is 22.8 Å². The topological polar surface area (TPSA) is 116 Å². The van der Waals surface area contributed by atoms with E-state index in [2.05, 4.69) is 19.9 Å². The molecule has 0 unspecified atom stereocenters. The second-order valence-electron chi connectivity index (χ2n) is 7.85. The molecule has 4 rings (SSSR count). The number of halogens is 6. The normalized spacial score (nSPS) is 12.7. The molecule has 0 saturated carbocycles. The maximum Gasteiger partial charge on any atom is 0.451 e. The number of nitrogens with zero attached hydrogens (tertiary/aromatic N) is 5. The van der Waals surface area contributed by atoms with Crippen LogP contribution in [-0.2, 0) is 22.7 Å². The fraction of sp³-hybridized carbons (Fsp3) is 0.130. The molecule has 0 aliphatic rings. The third kappa shape index (κ3) is 5.22. The van der Waals surface area contributed by atoms with E-state index < -0.39 is 56.8 Å². The van der Waals surface area contributed by atoms with Gasteiger partial charge in [-0.15, -0.1) is 0 Å². The van der Waals surface area contributed by atoms with Crippen LogP contribution in [0.15, 0.2) is 64.9 Å². The van der Waals surface area contributed by atoms with Crippen LogP contribution in [0.3, 0.4) is 0 Å². The quantitative estimate of drug-likeness (QED) is 0.217. The molecular weight excluding hydrogens is 538 g/mol. The molecule has 3 aromatic heterocycles. The lowest BCUT2D eigenvalue weighted by atomic mass is 10.1. The molecule has 4 aromatic rings. The van der Waals surface area contributed by atoms with Crippen molar-refractivity contribution in [2.45, 2.75) is 24.5 Å². The molecule has 0 amide bonds. The van der Waals surface area contributed by atoms with Crippen molar-refractivity contribution in [2.24, 2.45) is 10.7 Å². The number of aliphatic imine (C=N–C) groups is 1. The van der Waals surface area contributed by atoms with Gasteiger partial charge in [-0.3, -0.25) is 9.98 Å². The molecule has 198 valence electrons. The van der Waals surface area contributed by atoms with Gasteiger partial charge in [-0.2, -0.15) is 13.2 Å². The van der Waals surface area contributed by atoms with E-state index in [0.717, 1.165) is 42.9 Å². The summed E-state index contributed by atoms with van der Waals surface area (Å²) in [5.41, 5.74) is 5.20. The highest BCUT2D eigenvalue weighted by atomic mass is 32.2. The Morgan fingerprint density at radius 2 is 1.68 bits per heavy atom. The zero-order valence-corrected chi connectivity index (χ0v) is 20.0. The first-order chi connectivity index (χ1) is 17.8. The van der Waals surface area contributed by atoms with Crippen molar-refractivity contribution in [1.82, 2.24) is 18.9 Å². The van der Waals surface area contributed by atoms with Crippen molar-refractivity contribution in [2.75, 3.05) is 0 Å². The predicted octanol–water partition coefficient (Wildman–Crippen LogP) is 4.23. The lowest BCUT2D eigenvalue weighted by molar-refractivity contribution is -0.144. The Kier molecular flexibility index (Phi) is 6.97. The Morgan fingerprint density at radius 3 is 2.32 bits per heavy atom. The summed E-state index contributed by atoms with van der Waals surface area (Å²) in [6, 6.07) is 6.06. The molecule has 2 N–H and O–H groups in total. The average molecular weight is 554 g/mol. The van der Waals surface area contributed by atoms with Crippen molar-refractivity contribution in [1.29, 1.82) is 0 Å². The molecule has 0 saturated heterocycles. The van der Waals surface area contributed by atoms with Crippen LogP contribution in [0.25, 0.3) is 11.3 Å². The molecule has 38 heavy (non-hydrogen) atoms. The summed E-state index contributed by atoms with van der Waals surface area (Å²) in [6.07, 6.45) is -2.21. The number of rotatable bonds is 6. The van der Waals surface area contributed by atoms with Crippen LogP contribution >= 0.6 is 0 Å². The van der Waals surface area contributed by atoms with E-state index in [9.17, 15) is 34.8 Å². The van der Waals surface area contributed by atoms with Crippen molar-refractivity contribution in [3.8, 4) is 11.3 Å². The smallest absolute Gasteiger partial charge is 0.382 e. The number of alkyl halides is 3. The van der Waals surface area contributed by atoms with Gasteiger partial charge in [-0.25, -0.2) is 35.5 Å². The lowest BCUT2D eigenvalue weighted by Crippen LogP contribution is -2.24. The Bertz CT molecular complexity index is 1650. The first-order valence-corrected chi connectivity index (χ1v) is 12.0. The van der Waals surface area contributed by atoms with Crippen LogP contribution in [0, 0.1) is 24.4 Å². The van der Waals surface area contributed by atoms with E-state index in [1.54, 1.807) is 0 Å². The largest absolute Gasteiger partial charge is 0.451 e. The second kappa shape index (κ2) is 9.89. The number of hydrogen-bond donors (Lipinski definition) is 1. The van der Waals surface area contributed by atoms with Gasteiger partial charge in [0.15, 0.2) is 0 Å². The highest BCUT2D eigenvalue weighted by Crippen LogP contribution is 2.27. The molecular formula is C23H16F6N6O2S. The molecule has 0 aliphatic heterocycles. The van der Waals surface area contributed by atoms with Gasteiger partial charge in [0.05, 0.1) is 29.0 Å². The van der Waals surface area contributed by atoms with Crippen LogP contribution in [-0.4, -0.2) is 33.2 Å². The lowest BCUT2D eigenvalue weighted by Gasteiger charge is -2.12. The zero-order valence-electron chi connectivity index (χ0n) is 19.2. The fourth-order valence-corrected chi connectivity index (χ4v) is 4.97. The monoisotopic (exact) mass is 554 g/mol. The molecule has 0 fully saturated rings. The number of aromatic nitrogens is 4. The number of pyridine rings is 1. The molecule has 8 nitrogen and oxygen atoms in total. The molecule has 15 heteroatoms. The SMILES string of the molecule is Cc1c(F)cc(C(N)=NCc2cc(-c3cnc(C(F)(F)F)nc3)ncc2F)n1S(=O)(=O)c1cccc(F)c1. The van der Waals surface area contributed by atoms with Crippen LogP contribution in [0.5, 0.6) is 0 Å². The third-order valence-corrected chi connectivity index (χ3v) is 7.09. The summed E-state index contributed by atoms with van der Waals surface area (Å²) in [7, 11) is -4.50. The van der Waals surface area contributed by atoms with E-state index >= 15 is 0 Å². The Hall–Kier alpha value is -4.27. The van der Waals surface area contributed by atoms with Gasteiger partial charge in [0.2, 0.25) is 5.82 Å². The van der Waals surface area contributed by atoms with E-state index in [0.29, 0.717) is 3.97 Å². The molecule has 0 spiro atoms. The summed E-state index contributed by atoms with van der Waals surface area (Å²) in [5, 5.41) is 0. The highest BCUT2D eigenvalue weighted by Gasteiger charge is 2.34. The van der Waals surface area contributed by atoms with Gasteiger partial charge in [-0.1, -0.05) is 6.07 Å². The molecule has 0 bridgehead atoms. The van der Waals surface area contributed by atoms with Gasteiger partial charge >= 0.3 is 6.18 Å². The first-order valence-electron chi connectivity index (χ1n) is 10.5. The van der Waals surface area contributed by atoms with E-state index in [-0.39, 0.29) is 28.2 Å². The number of nitrogens with two attached hydrogens (primary N) is 1. The van der Waals surface area contributed by atoms with Gasteiger partial charge in [-0.05, 0) is 31.2 Å². The molecule has 3 heterocycles. The van der Waals surface area contributed by atoms with Gasteiger partial charge < -0.3 is 5.73 Å². The third-order valence-electron chi connectivity index (χ3n) is 5.28. The minimum Gasteiger partial charge on any atom is -0.382 e. The predicted molar refractivity (Wildman–Crippen MR) is 123 cm³/mol. The van der Waals surface area contributed by atoms with Crippen molar-refractivity contribution >= 4 is 15.9 Å². The van der Waals surface area contributed by atoms with E-state index in [1.165, 1.54) is 19.1 Å². The summed E-state index contributed by atoms with van der Waals surface area (Å²) in [6.45, 7) is 0.699. The minimum atomic E-state index is -4.75. The van der Waals surface area contributed by atoms with Gasteiger partial charge in [0.1, 0.15) is 29.0 Å². The minimum absolute atomic E-state index is 0.0304. The van der Waals surface area contributed by atoms with Crippen LogP contribution in [0.2, 0.25) is 0 Å². The Morgan fingerprint density at radius 1 is 1.00 bits per heavy atom. The van der Waals surface area contributed by atoms with Crippen molar-refractivity contribution in [3.63, 3.8) is 0 Å². The summed E-state index contributed by atoms with van der Waals surface area (Å²) >= 11 is 0. The fourth-order valence-electron chi connectivity index (χ4n) is 3.40. The molecule has 0 atom stereocenters. The van der Waals surface area contributed by atoms with E-state index in [4.69, 9.17) is 5.73 Å². The molecule has 0 radical (unpaired) electrons.